The Hall–Kier alpha value is -0.353. The van der Waals surface area contributed by atoms with Crippen molar-refractivity contribution in [2.75, 3.05) is 13.2 Å². The van der Waals surface area contributed by atoms with E-state index in [4.69, 9.17) is 9.16 Å². The maximum Gasteiger partial charge on any atom is 0.309 e. The van der Waals surface area contributed by atoms with Gasteiger partial charge in [0.05, 0.1) is 12.5 Å². The number of carbonyl (C=O) groups is 1. The first-order valence-electron chi connectivity index (χ1n) is 5.24. The van der Waals surface area contributed by atoms with Gasteiger partial charge in [0.25, 0.3) is 0 Å². The molecule has 0 aromatic carbocycles. The second-order valence-corrected chi connectivity index (χ2v) is 9.29. The van der Waals surface area contributed by atoms with Gasteiger partial charge in [0.1, 0.15) is 0 Å². The van der Waals surface area contributed by atoms with Crippen LogP contribution in [0.3, 0.4) is 0 Å². The fourth-order valence-electron chi connectivity index (χ4n) is 1.33. The molecule has 2 atom stereocenters. The molecule has 0 N–H and O–H groups in total. The van der Waals surface area contributed by atoms with Crippen LogP contribution in [0.25, 0.3) is 0 Å². The van der Waals surface area contributed by atoms with Crippen LogP contribution in [0.15, 0.2) is 0 Å². The molecule has 1 aliphatic rings. The monoisotopic (exact) mass is 216 g/mol. The summed E-state index contributed by atoms with van der Waals surface area (Å²) in [6, 6.07) is 0. The summed E-state index contributed by atoms with van der Waals surface area (Å²) in [4.78, 5) is 11.3. The molecule has 0 aromatic rings. The van der Waals surface area contributed by atoms with Crippen LogP contribution in [0.2, 0.25) is 19.6 Å². The third-order valence-corrected chi connectivity index (χ3v) is 3.28. The third-order valence-electron chi connectivity index (χ3n) is 2.24. The Morgan fingerprint density at radius 3 is 2.57 bits per heavy atom. The topological polar surface area (TPSA) is 35.5 Å². The highest BCUT2D eigenvalue weighted by Gasteiger charge is 2.44. The second kappa shape index (κ2) is 4.44. The van der Waals surface area contributed by atoms with Crippen molar-refractivity contribution in [1.29, 1.82) is 0 Å². The van der Waals surface area contributed by atoms with Crippen LogP contribution in [0.4, 0.5) is 0 Å². The zero-order valence-corrected chi connectivity index (χ0v) is 10.5. The predicted octanol–water partition coefficient (Wildman–Crippen LogP) is 2.04. The van der Waals surface area contributed by atoms with E-state index in [0.717, 1.165) is 13.0 Å². The number of esters is 1. The Balaban J connectivity index is 2.17. The van der Waals surface area contributed by atoms with Gasteiger partial charge < -0.3 is 9.16 Å². The average molecular weight is 216 g/mol. The molecule has 82 valence electrons. The van der Waals surface area contributed by atoms with Gasteiger partial charge in [0.15, 0.2) is 8.32 Å². The molecule has 0 unspecified atom stereocenters. The Kier molecular flexibility index (Phi) is 3.72. The number of ether oxygens (including phenoxy) is 1. The lowest BCUT2D eigenvalue weighted by molar-refractivity contribution is -0.145. The van der Waals surface area contributed by atoms with E-state index in [0.29, 0.717) is 12.5 Å². The first kappa shape index (κ1) is 11.7. The van der Waals surface area contributed by atoms with E-state index in [1.54, 1.807) is 0 Å². The van der Waals surface area contributed by atoms with E-state index in [2.05, 4.69) is 19.6 Å². The highest BCUT2D eigenvalue weighted by Crippen LogP contribution is 2.40. The summed E-state index contributed by atoms with van der Waals surface area (Å²) < 4.78 is 10.7. The maximum absolute atomic E-state index is 11.3. The molecular formula is C10H20O3Si. The Morgan fingerprint density at radius 1 is 1.43 bits per heavy atom. The lowest BCUT2D eigenvalue weighted by Gasteiger charge is -2.16. The molecule has 0 bridgehead atoms. The van der Waals surface area contributed by atoms with Crippen LogP contribution in [0.1, 0.15) is 13.3 Å². The zero-order chi connectivity index (χ0) is 10.8. The lowest BCUT2D eigenvalue weighted by atomic mass is 10.3. The molecule has 4 heteroatoms. The Bertz CT molecular complexity index is 210. The number of carbonyl (C=O) groups excluding carboxylic acids is 1. The number of rotatable bonds is 5. The third kappa shape index (κ3) is 3.80. The van der Waals surface area contributed by atoms with Crippen LogP contribution < -0.4 is 0 Å². The molecule has 1 aliphatic carbocycles. The van der Waals surface area contributed by atoms with Gasteiger partial charge in [-0.05, 0) is 38.9 Å². The summed E-state index contributed by atoms with van der Waals surface area (Å²) in [6.07, 6.45) is 0.948. The Morgan fingerprint density at radius 2 is 2.07 bits per heavy atom. The van der Waals surface area contributed by atoms with Crippen molar-refractivity contribution >= 4 is 14.3 Å². The molecule has 0 heterocycles. The van der Waals surface area contributed by atoms with E-state index in [9.17, 15) is 4.79 Å². The van der Waals surface area contributed by atoms with Gasteiger partial charge in [0, 0.05) is 6.61 Å². The van der Waals surface area contributed by atoms with Gasteiger partial charge in [-0.15, -0.1) is 0 Å². The van der Waals surface area contributed by atoms with Crippen molar-refractivity contribution in [2.45, 2.75) is 33.0 Å². The summed E-state index contributed by atoms with van der Waals surface area (Å²) in [5, 5.41) is 0. The van der Waals surface area contributed by atoms with Gasteiger partial charge in [-0.1, -0.05) is 0 Å². The van der Waals surface area contributed by atoms with Crippen LogP contribution in [-0.2, 0) is 14.0 Å². The van der Waals surface area contributed by atoms with E-state index in [1.165, 1.54) is 0 Å². The fraction of sp³-hybridized carbons (Fsp3) is 0.900. The summed E-state index contributed by atoms with van der Waals surface area (Å²) in [7, 11) is -1.41. The van der Waals surface area contributed by atoms with Gasteiger partial charge in [-0.25, -0.2) is 0 Å². The zero-order valence-electron chi connectivity index (χ0n) is 9.50. The molecular weight excluding hydrogens is 196 g/mol. The molecule has 3 nitrogen and oxygen atoms in total. The van der Waals surface area contributed by atoms with Crippen molar-refractivity contribution in [2.24, 2.45) is 11.8 Å². The van der Waals surface area contributed by atoms with E-state index < -0.39 is 8.32 Å². The SMILES string of the molecule is CCOC(=O)[C@@H]1C[C@H]1CO[Si](C)(C)C. The normalized spacial score (nSPS) is 26.0. The summed E-state index contributed by atoms with van der Waals surface area (Å²) in [5.74, 6) is 0.490. The molecule has 0 spiro atoms. The van der Waals surface area contributed by atoms with E-state index in [-0.39, 0.29) is 11.9 Å². The van der Waals surface area contributed by atoms with Crippen molar-refractivity contribution in [3.05, 3.63) is 0 Å². The van der Waals surface area contributed by atoms with Crippen molar-refractivity contribution in [3.8, 4) is 0 Å². The molecule has 0 saturated heterocycles. The van der Waals surface area contributed by atoms with Gasteiger partial charge in [0.2, 0.25) is 0 Å². The Labute approximate surface area is 86.9 Å². The highest BCUT2D eigenvalue weighted by molar-refractivity contribution is 6.69. The molecule has 0 amide bonds. The van der Waals surface area contributed by atoms with Crippen molar-refractivity contribution in [3.63, 3.8) is 0 Å². The van der Waals surface area contributed by atoms with Crippen molar-refractivity contribution < 1.29 is 14.0 Å². The molecule has 1 saturated carbocycles. The molecule has 0 aromatic heterocycles. The molecule has 1 rings (SSSR count). The van der Waals surface area contributed by atoms with Gasteiger partial charge in [-0.2, -0.15) is 0 Å². The largest absolute Gasteiger partial charge is 0.466 e. The maximum atomic E-state index is 11.3. The number of hydrogen-bond acceptors (Lipinski definition) is 3. The number of hydrogen-bond donors (Lipinski definition) is 0. The molecule has 0 radical (unpaired) electrons. The van der Waals surface area contributed by atoms with Crippen LogP contribution in [0, 0.1) is 11.8 Å². The quantitative estimate of drug-likeness (QED) is 0.521. The minimum absolute atomic E-state index is 0.0447. The lowest BCUT2D eigenvalue weighted by Crippen LogP contribution is -2.26. The standard InChI is InChI=1S/C10H20O3Si/c1-5-12-10(11)9-6-8(9)7-13-14(2,3)4/h8-9H,5-7H2,1-4H3/t8-,9+/m0/s1. The van der Waals surface area contributed by atoms with E-state index in [1.807, 2.05) is 6.92 Å². The second-order valence-electron chi connectivity index (χ2n) is 4.78. The van der Waals surface area contributed by atoms with Gasteiger partial charge in [-0.3, -0.25) is 4.79 Å². The smallest absolute Gasteiger partial charge is 0.309 e. The summed E-state index contributed by atoms with van der Waals surface area (Å²) >= 11 is 0. The first-order valence-corrected chi connectivity index (χ1v) is 8.65. The predicted molar refractivity (Wildman–Crippen MR) is 57.5 cm³/mol. The minimum Gasteiger partial charge on any atom is -0.466 e. The van der Waals surface area contributed by atoms with Crippen LogP contribution in [-0.4, -0.2) is 27.5 Å². The first-order chi connectivity index (χ1) is 6.44. The fourth-order valence-corrected chi connectivity index (χ4v) is 2.04. The minimum atomic E-state index is -1.41. The average Bonchev–Trinajstić information content (AvgIpc) is 2.78. The van der Waals surface area contributed by atoms with Gasteiger partial charge >= 0.3 is 5.97 Å². The van der Waals surface area contributed by atoms with Crippen molar-refractivity contribution in [1.82, 2.24) is 0 Å². The highest BCUT2D eigenvalue weighted by atomic mass is 28.4. The van der Waals surface area contributed by atoms with Crippen LogP contribution in [0.5, 0.6) is 0 Å². The summed E-state index contributed by atoms with van der Waals surface area (Å²) in [5.41, 5.74) is 0. The summed E-state index contributed by atoms with van der Waals surface area (Å²) in [6.45, 7) is 9.54. The van der Waals surface area contributed by atoms with Crippen LogP contribution >= 0.6 is 0 Å². The molecule has 1 fully saturated rings. The molecule has 0 aliphatic heterocycles. The van der Waals surface area contributed by atoms with E-state index >= 15 is 0 Å². The molecule has 14 heavy (non-hydrogen) atoms.